The molecule has 0 aliphatic heterocycles. The maximum absolute atomic E-state index is 14.0. The first kappa shape index (κ1) is 29.7. The Labute approximate surface area is 231 Å². The van der Waals surface area contributed by atoms with E-state index in [9.17, 15) is 18.0 Å². The summed E-state index contributed by atoms with van der Waals surface area (Å²) in [4.78, 5) is 28.3. The topological polar surface area (TPSA) is 96.0 Å². The lowest BCUT2D eigenvalue weighted by molar-refractivity contribution is -0.139. The van der Waals surface area contributed by atoms with Gasteiger partial charge in [-0.2, -0.15) is 0 Å². The molecule has 0 saturated heterocycles. The van der Waals surface area contributed by atoms with E-state index in [0.29, 0.717) is 18.0 Å². The van der Waals surface area contributed by atoms with E-state index in [1.165, 1.54) is 4.90 Å². The van der Waals surface area contributed by atoms with E-state index in [1.807, 2.05) is 32.9 Å². The Morgan fingerprint density at radius 1 is 0.974 bits per heavy atom. The maximum Gasteiger partial charge on any atom is 0.264 e. The summed E-state index contributed by atoms with van der Waals surface area (Å²) in [5, 5.41) is 2.76. The molecule has 3 rings (SSSR count). The number of carbonyl (C=O) groups excluding carboxylic acids is 2. The molecule has 0 radical (unpaired) electrons. The Kier molecular flexibility index (Phi) is 9.75. The molecule has 0 heterocycles. The van der Waals surface area contributed by atoms with Crippen LogP contribution in [0.2, 0.25) is 0 Å². The number of ether oxygens (including phenoxy) is 1. The molecular weight excluding hydrogens is 514 g/mol. The van der Waals surface area contributed by atoms with E-state index in [1.54, 1.807) is 75.6 Å². The standard InChI is InChI=1S/C30H37N3O5S/c1-7-31-30(35)24(5)32(19-25-11-9-12-26(18-25)38-6)29(34)20-33(28-13-8-10-22(3)23(28)4)39(36,37)27-16-14-21(2)15-17-27/h8-18,24H,7,19-20H2,1-6H3,(H,31,35)/t24-/m0/s1. The number of anilines is 1. The van der Waals surface area contributed by atoms with E-state index in [0.717, 1.165) is 26.6 Å². The second kappa shape index (κ2) is 12.8. The normalized spacial score (nSPS) is 11.9. The maximum atomic E-state index is 14.0. The number of nitrogens with one attached hydrogen (secondary N) is 1. The molecule has 0 bridgehead atoms. The van der Waals surface area contributed by atoms with E-state index < -0.39 is 28.5 Å². The molecular formula is C30H37N3O5S. The molecule has 208 valence electrons. The third kappa shape index (κ3) is 6.97. The van der Waals surface area contributed by atoms with Gasteiger partial charge in [0.05, 0.1) is 17.7 Å². The Bertz CT molecular complexity index is 1420. The van der Waals surface area contributed by atoms with Crippen molar-refractivity contribution in [1.82, 2.24) is 10.2 Å². The highest BCUT2D eigenvalue weighted by atomic mass is 32.2. The van der Waals surface area contributed by atoms with Crippen molar-refractivity contribution in [3.63, 3.8) is 0 Å². The predicted molar refractivity (Wildman–Crippen MR) is 153 cm³/mol. The van der Waals surface area contributed by atoms with E-state index >= 15 is 0 Å². The lowest BCUT2D eigenvalue weighted by Crippen LogP contribution is -2.51. The van der Waals surface area contributed by atoms with Gasteiger partial charge >= 0.3 is 0 Å². The molecule has 0 fully saturated rings. The first-order chi connectivity index (χ1) is 18.5. The van der Waals surface area contributed by atoms with Gasteiger partial charge in [-0.1, -0.05) is 42.0 Å². The van der Waals surface area contributed by atoms with E-state index in [-0.39, 0.29) is 17.3 Å². The number of hydrogen-bond donors (Lipinski definition) is 1. The fraction of sp³-hybridized carbons (Fsp3) is 0.333. The second-order valence-corrected chi connectivity index (χ2v) is 11.3. The van der Waals surface area contributed by atoms with E-state index in [2.05, 4.69) is 5.32 Å². The highest BCUT2D eigenvalue weighted by Crippen LogP contribution is 2.29. The number of hydrogen-bond acceptors (Lipinski definition) is 5. The van der Waals surface area contributed by atoms with Crippen molar-refractivity contribution < 1.29 is 22.7 Å². The zero-order chi connectivity index (χ0) is 28.7. The average molecular weight is 552 g/mol. The van der Waals surface area contributed by atoms with E-state index in [4.69, 9.17) is 4.74 Å². The van der Waals surface area contributed by atoms with Crippen molar-refractivity contribution in [1.29, 1.82) is 0 Å². The molecule has 8 nitrogen and oxygen atoms in total. The minimum atomic E-state index is -4.11. The minimum Gasteiger partial charge on any atom is -0.497 e. The number of sulfonamides is 1. The third-order valence-electron chi connectivity index (χ3n) is 6.74. The molecule has 1 atom stereocenters. The summed E-state index contributed by atoms with van der Waals surface area (Å²) in [6.45, 7) is 9.06. The van der Waals surface area contributed by atoms with Gasteiger partial charge in [0.2, 0.25) is 11.8 Å². The number of nitrogens with zero attached hydrogens (tertiary/aromatic N) is 2. The highest BCUT2D eigenvalue weighted by Gasteiger charge is 2.33. The van der Waals surface area contributed by atoms with Crippen molar-refractivity contribution in [2.75, 3.05) is 24.5 Å². The smallest absolute Gasteiger partial charge is 0.264 e. The third-order valence-corrected chi connectivity index (χ3v) is 8.51. The molecule has 2 amide bonds. The van der Waals surface area contributed by atoms with Gasteiger partial charge in [0.1, 0.15) is 18.3 Å². The lowest BCUT2D eigenvalue weighted by atomic mass is 10.1. The summed E-state index contributed by atoms with van der Waals surface area (Å²) < 4.78 is 34.4. The van der Waals surface area contributed by atoms with Crippen LogP contribution in [-0.4, -0.2) is 51.4 Å². The fourth-order valence-electron chi connectivity index (χ4n) is 4.23. The number of benzene rings is 3. The summed E-state index contributed by atoms with van der Waals surface area (Å²) in [6.07, 6.45) is 0. The Morgan fingerprint density at radius 3 is 2.28 bits per heavy atom. The van der Waals surface area contributed by atoms with Crippen molar-refractivity contribution in [3.8, 4) is 5.75 Å². The molecule has 0 saturated carbocycles. The van der Waals surface area contributed by atoms with Crippen molar-refractivity contribution in [2.24, 2.45) is 0 Å². The number of methoxy groups -OCH3 is 1. The summed E-state index contributed by atoms with van der Waals surface area (Å²) in [6, 6.07) is 18.3. The zero-order valence-corrected chi connectivity index (χ0v) is 24.2. The Hall–Kier alpha value is -3.85. The summed E-state index contributed by atoms with van der Waals surface area (Å²) in [5.41, 5.74) is 3.73. The zero-order valence-electron chi connectivity index (χ0n) is 23.4. The molecule has 9 heteroatoms. The number of likely N-dealkylation sites (N-methyl/N-ethyl adjacent to an activating group) is 1. The van der Waals surface area contributed by atoms with Gasteiger partial charge in [-0.05, 0) is 81.6 Å². The SMILES string of the molecule is CCNC(=O)[C@H](C)N(Cc1cccc(OC)c1)C(=O)CN(c1cccc(C)c1C)S(=O)(=O)c1ccc(C)cc1. The predicted octanol–water partition coefficient (Wildman–Crippen LogP) is 4.37. The summed E-state index contributed by atoms with van der Waals surface area (Å²) in [5.74, 6) is -0.217. The van der Waals surface area contributed by atoms with Crippen LogP contribution in [0.25, 0.3) is 0 Å². The van der Waals surface area contributed by atoms with Crippen LogP contribution in [0.4, 0.5) is 5.69 Å². The molecule has 3 aromatic rings. The molecule has 0 aromatic heterocycles. The van der Waals surface area contributed by atoms with Gasteiger partial charge < -0.3 is 15.0 Å². The number of carbonyl (C=O) groups is 2. The number of aryl methyl sites for hydroxylation is 2. The summed E-state index contributed by atoms with van der Waals surface area (Å²) in [7, 11) is -2.56. The fourth-order valence-corrected chi connectivity index (χ4v) is 5.70. The van der Waals surface area contributed by atoms with Crippen LogP contribution in [0.15, 0.2) is 71.6 Å². The van der Waals surface area contributed by atoms with Crippen molar-refractivity contribution in [2.45, 2.75) is 52.1 Å². The monoisotopic (exact) mass is 551 g/mol. The molecule has 0 spiro atoms. The van der Waals surface area contributed by atoms with Crippen molar-refractivity contribution >= 4 is 27.5 Å². The molecule has 0 aliphatic carbocycles. The Balaban J connectivity index is 2.08. The van der Waals surface area contributed by atoms with Crippen LogP contribution in [0, 0.1) is 20.8 Å². The Morgan fingerprint density at radius 2 is 1.64 bits per heavy atom. The first-order valence-electron chi connectivity index (χ1n) is 12.8. The lowest BCUT2D eigenvalue weighted by Gasteiger charge is -2.32. The largest absolute Gasteiger partial charge is 0.497 e. The molecule has 0 aliphatic rings. The van der Waals surface area contributed by atoms with Crippen LogP contribution in [0.5, 0.6) is 5.75 Å². The number of amides is 2. The van der Waals surface area contributed by atoms with Crippen LogP contribution in [0.3, 0.4) is 0 Å². The second-order valence-electron chi connectivity index (χ2n) is 9.49. The van der Waals surface area contributed by atoms with Gasteiger partial charge in [0.25, 0.3) is 10.0 Å². The van der Waals surface area contributed by atoms with Gasteiger partial charge in [0, 0.05) is 13.1 Å². The first-order valence-corrected chi connectivity index (χ1v) is 14.3. The molecule has 1 N–H and O–H groups in total. The van der Waals surface area contributed by atoms with Gasteiger partial charge in [0.15, 0.2) is 0 Å². The van der Waals surface area contributed by atoms with Crippen LogP contribution >= 0.6 is 0 Å². The van der Waals surface area contributed by atoms with Crippen LogP contribution in [-0.2, 0) is 26.2 Å². The van der Waals surface area contributed by atoms with Crippen LogP contribution in [0.1, 0.15) is 36.1 Å². The molecule has 39 heavy (non-hydrogen) atoms. The van der Waals surface area contributed by atoms with Gasteiger partial charge in [-0.15, -0.1) is 0 Å². The van der Waals surface area contributed by atoms with Crippen molar-refractivity contribution in [3.05, 3.63) is 89.0 Å². The highest BCUT2D eigenvalue weighted by molar-refractivity contribution is 7.92. The quantitative estimate of drug-likeness (QED) is 0.382. The summed E-state index contributed by atoms with van der Waals surface area (Å²) >= 11 is 0. The molecule has 3 aromatic carbocycles. The van der Waals surface area contributed by atoms with Crippen LogP contribution < -0.4 is 14.4 Å². The average Bonchev–Trinajstić information content (AvgIpc) is 2.92. The van der Waals surface area contributed by atoms with Gasteiger partial charge in [-0.25, -0.2) is 8.42 Å². The number of rotatable bonds is 11. The minimum absolute atomic E-state index is 0.0814. The molecule has 0 unspecified atom stereocenters. The van der Waals surface area contributed by atoms with Gasteiger partial charge in [-0.3, -0.25) is 13.9 Å².